The van der Waals surface area contributed by atoms with Crippen LogP contribution in [0.25, 0.3) is 16.8 Å². The summed E-state index contributed by atoms with van der Waals surface area (Å²) in [7, 11) is 1.85. The fraction of sp³-hybridized carbons (Fsp3) is 0.250. The number of anilines is 1. The number of hydrogen-bond acceptors (Lipinski definition) is 7. The van der Waals surface area contributed by atoms with Gasteiger partial charge in [0, 0.05) is 30.8 Å². The van der Waals surface area contributed by atoms with Gasteiger partial charge >= 0.3 is 5.97 Å². The van der Waals surface area contributed by atoms with E-state index in [2.05, 4.69) is 26.9 Å². The Morgan fingerprint density at radius 2 is 1.94 bits per heavy atom. The van der Waals surface area contributed by atoms with E-state index in [9.17, 15) is 4.79 Å². The van der Waals surface area contributed by atoms with Gasteiger partial charge in [0.1, 0.15) is 5.56 Å². The summed E-state index contributed by atoms with van der Waals surface area (Å²) in [5.74, 6) is 5.52. The normalized spacial score (nSPS) is 16.6. The highest BCUT2D eigenvalue weighted by atomic mass is 35.5. The number of carbonyl (C=O) groups is 1. The van der Waals surface area contributed by atoms with Gasteiger partial charge in [-0.2, -0.15) is 5.10 Å². The zero-order chi connectivity index (χ0) is 22.9. The molecule has 2 aromatic heterocycles. The summed E-state index contributed by atoms with van der Waals surface area (Å²) in [5, 5.41) is 12.9. The second kappa shape index (κ2) is 9.66. The van der Waals surface area contributed by atoms with Gasteiger partial charge < -0.3 is 10.2 Å². The maximum atomic E-state index is 12.7. The van der Waals surface area contributed by atoms with Crippen LogP contribution in [-0.2, 0) is 11.8 Å². The lowest BCUT2D eigenvalue weighted by Gasteiger charge is -2.12. The fourth-order valence-corrected chi connectivity index (χ4v) is 4.25. The third kappa shape index (κ3) is 4.40. The van der Waals surface area contributed by atoms with Crippen molar-refractivity contribution in [1.82, 2.24) is 24.8 Å². The van der Waals surface area contributed by atoms with Gasteiger partial charge in [-0.05, 0) is 48.7 Å². The molecule has 9 nitrogen and oxygen atoms in total. The zero-order valence-electron chi connectivity index (χ0n) is 18.9. The molecule has 1 saturated carbocycles. The standard InChI is InChI=1S/C24H25N7O2.ClH/c1-3-33-24(32)21-13-26-31(23(21)20-12-19(20)22-14-30(2)29-28-22)18-9-5-7-16(11-18)15-6-4-8-17(10-15)27-25;/h4-11,13-14,19-20,27H,3,12,25H2,1-2H3;1H. The summed E-state index contributed by atoms with van der Waals surface area (Å²) in [6.45, 7) is 2.11. The van der Waals surface area contributed by atoms with Gasteiger partial charge in [-0.3, -0.25) is 10.5 Å². The minimum absolute atomic E-state index is 0. The van der Waals surface area contributed by atoms with Crippen LogP contribution in [0, 0.1) is 0 Å². The number of nitrogens with one attached hydrogen (secondary N) is 1. The van der Waals surface area contributed by atoms with Gasteiger partial charge in [-0.25, -0.2) is 9.48 Å². The Labute approximate surface area is 203 Å². The van der Waals surface area contributed by atoms with Gasteiger partial charge in [-0.1, -0.05) is 29.5 Å². The molecule has 1 aliphatic carbocycles. The predicted molar refractivity (Wildman–Crippen MR) is 131 cm³/mol. The summed E-state index contributed by atoms with van der Waals surface area (Å²) in [5.41, 5.74) is 8.68. The molecule has 0 amide bonds. The molecular weight excluding hydrogens is 454 g/mol. The number of esters is 1. The van der Waals surface area contributed by atoms with E-state index < -0.39 is 0 Å². The minimum atomic E-state index is -0.360. The predicted octanol–water partition coefficient (Wildman–Crippen LogP) is 3.82. The number of nitrogens with zero attached hydrogens (tertiary/aromatic N) is 5. The van der Waals surface area contributed by atoms with E-state index in [1.54, 1.807) is 17.8 Å². The Morgan fingerprint density at radius 3 is 2.65 bits per heavy atom. The number of halogens is 1. The smallest absolute Gasteiger partial charge is 0.341 e. The largest absolute Gasteiger partial charge is 0.462 e. The lowest BCUT2D eigenvalue weighted by Crippen LogP contribution is -2.09. The summed E-state index contributed by atoms with van der Waals surface area (Å²) in [6.07, 6.45) is 4.40. The number of rotatable bonds is 7. The fourth-order valence-electron chi connectivity index (χ4n) is 4.25. The number of carbonyl (C=O) groups excluding carboxylic acids is 1. The molecule has 2 heterocycles. The molecule has 0 bridgehead atoms. The second-order valence-corrected chi connectivity index (χ2v) is 8.12. The zero-order valence-corrected chi connectivity index (χ0v) is 19.7. The first-order chi connectivity index (χ1) is 16.1. The topological polar surface area (TPSA) is 113 Å². The molecule has 0 saturated heterocycles. The van der Waals surface area contributed by atoms with Gasteiger partial charge in [0.2, 0.25) is 0 Å². The van der Waals surface area contributed by atoms with E-state index in [0.717, 1.165) is 40.3 Å². The van der Waals surface area contributed by atoms with E-state index in [1.807, 2.05) is 60.4 Å². The first-order valence-electron chi connectivity index (χ1n) is 10.9. The van der Waals surface area contributed by atoms with E-state index in [0.29, 0.717) is 12.2 Å². The van der Waals surface area contributed by atoms with Gasteiger partial charge in [-0.15, -0.1) is 17.5 Å². The van der Waals surface area contributed by atoms with Crippen LogP contribution in [0.1, 0.15) is 46.9 Å². The molecule has 10 heteroatoms. The number of hydrazine groups is 1. The number of aryl methyl sites for hydroxylation is 1. The van der Waals surface area contributed by atoms with E-state index in [4.69, 9.17) is 10.6 Å². The molecule has 1 aliphatic rings. The minimum Gasteiger partial charge on any atom is -0.462 e. The van der Waals surface area contributed by atoms with Crippen molar-refractivity contribution in [3.63, 3.8) is 0 Å². The summed E-state index contributed by atoms with van der Waals surface area (Å²) >= 11 is 0. The molecule has 5 rings (SSSR count). The van der Waals surface area contributed by atoms with Crippen molar-refractivity contribution in [2.45, 2.75) is 25.2 Å². The van der Waals surface area contributed by atoms with Crippen LogP contribution in [0.3, 0.4) is 0 Å². The van der Waals surface area contributed by atoms with Crippen LogP contribution >= 0.6 is 12.4 Å². The maximum absolute atomic E-state index is 12.7. The van der Waals surface area contributed by atoms with Crippen LogP contribution in [0.2, 0.25) is 0 Å². The average molecular weight is 480 g/mol. The molecule has 0 radical (unpaired) electrons. The van der Waals surface area contributed by atoms with Crippen molar-refractivity contribution in [3.05, 3.63) is 77.9 Å². The van der Waals surface area contributed by atoms with Crippen LogP contribution in [-0.4, -0.2) is 37.4 Å². The second-order valence-electron chi connectivity index (χ2n) is 8.12. The van der Waals surface area contributed by atoms with E-state index >= 15 is 0 Å². The third-order valence-electron chi connectivity index (χ3n) is 5.90. The molecule has 3 N–H and O–H groups in total. The van der Waals surface area contributed by atoms with Crippen LogP contribution in [0.4, 0.5) is 5.69 Å². The lowest BCUT2D eigenvalue weighted by molar-refractivity contribution is 0.0525. The highest BCUT2D eigenvalue weighted by Crippen LogP contribution is 2.55. The summed E-state index contributed by atoms with van der Waals surface area (Å²) in [4.78, 5) is 12.7. The first kappa shape index (κ1) is 23.5. The van der Waals surface area contributed by atoms with Gasteiger partial charge in [0.25, 0.3) is 0 Å². The highest BCUT2D eigenvalue weighted by Gasteiger charge is 2.46. The SMILES string of the molecule is CCOC(=O)c1cnn(-c2cccc(-c3cccc(NN)c3)c2)c1C1CC1c1cn(C)nn1.Cl. The molecule has 176 valence electrons. The summed E-state index contributed by atoms with van der Waals surface area (Å²) in [6, 6.07) is 15.9. The Kier molecular flexibility index (Phi) is 6.67. The van der Waals surface area contributed by atoms with Crippen molar-refractivity contribution in [2.75, 3.05) is 12.0 Å². The van der Waals surface area contributed by atoms with Crippen molar-refractivity contribution < 1.29 is 9.53 Å². The number of ether oxygens (including phenoxy) is 1. The Balaban J connectivity index is 0.00000274. The van der Waals surface area contributed by atoms with Crippen molar-refractivity contribution in [3.8, 4) is 16.8 Å². The van der Waals surface area contributed by atoms with E-state index in [-0.39, 0.29) is 30.2 Å². The molecule has 2 aromatic carbocycles. The third-order valence-corrected chi connectivity index (χ3v) is 5.90. The Bertz CT molecular complexity index is 1320. The number of nitrogen functional groups attached to an aromatic ring is 1. The van der Waals surface area contributed by atoms with E-state index in [1.165, 1.54) is 0 Å². The van der Waals surface area contributed by atoms with Gasteiger partial charge in [0.05, 0.1) is 29.9 Å². The molecule has 1 fully saturated rings. The van der Waals surface area contributed by atoms with Crippen molar-refractivity contribution in [2.24, 2.45) is 12.9 Å². The molecule has 2 atom stereocenters. The molecule has 2 unspecified atom stereocenters. The maximum Gasteiger partial charge on any atom is 0.341 e. The Hall–Kier alpha value is -3.69. The number of hydrogen-bond donors (Lipinski definition) is 2. The first-order valence-corrected chi connectivity index (χ1v) is 10.9. The lowest BCUT2D eigenvalue weighted by atomic mass is 10.0. The number of benzene rings is 2. The van der Waals surface area contributed by atoms with Crippen LogP contribution in [0.5, 0.6) is 0 Å². The highest BCUT2D eigenvalue weighted by molar-refractivity contribution is 5.91. The number of nitrogens with two attached hydrogens (primary N) is 1. The van der Waals surface area contributed by atoms with Gasteiger partial charge in [0.15, 0.2) is 0 Å². The van der Waals surface area contributed by atoms with Crippen LogP contribution < -0.4 is 11.3 Å². The molecule has 0 aliphatic heterocycles. The van der Waals surface area contributed by atoms with Crippen molar-refractivity contribution >= 4 is 24.1 Å². The molecule has 0 spiro atoms. The van der Waals surface area contributed by atoms with Crippen LogP contribution in [0.15, 0.2) is 60.9 Å². The molecular formula is C24H26ClN7O2. The molecule has 4 aromatic rings. The average Bonchev–Trinajstić information content (AvgIpc) is 3.29. The quantitative estimate of drug-likeness (QED) is 0.235. The molecule has 34 heavy (non-hydrogen) atoms. The monoisotopic (exact) mass is 479 g/mol. The Morgan fingerprint density at radius 1 is 1.18 bits per heavy atom. The van der Waals surface area contributed by atoms with Crippen molar-refractivity contribution in [1.29, 1.82) is 0 Å². The summed E-state index contributed by atoms with van der Waals surface area (Å²) < 4.78 is 8.86. The number of aromatic nitrogens is 5.